The largest absolute Gasteiger partial charge is 0.505 e. The number of hydrogen-bond acceptors (Lipinski definition) is 5. The summed E-state index contributed by atoms with van der Waals surface area (Å²) in [5, 5.41) is 9.63. The van der Waals surface area contributed by atoms with E-state index in [0.717, 1.165) is 30.3 Å². The molecule has 1 aliphatic rings. The minimum atomic E-state index is -4.67. The Hall–Kier alpha value is -3.24. The van der Waals surface area contributed by atoms with Crippen LogP contribution in [0.4, 0.5) is 18.9 Å². The van der Waals surface area contributed by atoms with Gasteiger partial charge in [-0.15, -0.1) is 0 Å². The van der Waals surface area contributed by atoms with Gasteiger partial charge < -0.3 is 9.84 Å². The number of carbonyl (C=O) groups is 1. The molecule has 0 saturated heterocycles. The van der Waals surface area contributed by atoms with Crippen LogP contribution in [0.1, 0.15) is 15.9 Å². The molecule has 1 aliphatic heterocycles. The van der Waals surface area contributed by atoms with Crippen molar-refractivity contribution in [1.29, 1.82) is 0 Å². The van der Waals surface area contributed by atoms with Crippen LogP contribution in [0.5, 0.6) is 5.75 Å². The highest BCUT2D eigenvalue weighted by Crippen LogP contribution is 2.37. The smallest absolute Gasteiger partial charge is 0.338 e. The number of halogens is 4. The van der Waals surface area contributed by atoms with Gasteiger partial charge in [-0.2, -0.15) is 0 Å². The molecule has 2 N–H and O–H groups in total. The second-order valence-corrected chi connectivity index (χ2v) is 8.66. The monoisotopic (exact) mass is 469 g/mol. The molecule has 11 heteroatoms. The molecule has 31 heavy (non-hydrogen) atoms. The SMILES string of the molecule is O=C1OCc2cc(F)ccc2-c2cc(c(F)cc2F)NS(=O)(=O)c2cc1cc(Cl)c2O. The summed E-state index contributed by atoms with van der Waals surface area (Å²) in [6, 6.07) is 6.31. The van der Waals surface area contributed by atoms with E-state index in [9.17, 15) is 31.5 Å². The lowest BCUT2D eigenvalue weighted by Crippen LogP contribution is -2.15. The molecule has 4 rings (SSSR count). The van der Waals surface area contributed by atoms with Crippen molar-refractivity contribution in [2.24, 2.45) is 0 Å². The lowest BCUT2D eigenvalue weighted by atomic mass is 9.98. The van der Waals surface area contributed by atoms with Crippen LogP contribution in [0, 0.1) is 17.5 Å². The van der Waals surface area contributed by atoms with E-state index in [0.29, 0.717) is 6.07 Å². The van der Waals surface area contributed by atoms with E-state index in [1.807, 2.05) is 4.72 Å². The fourth-order valence-corrected chi connectivity index (χ4v) is 4.58. The van der Waals surface area contributed by atoms with Gasteiger partial charge in [0.05, 0.1) is 16.3 Å². The van der Waals surface area contributed by atoms with Crippen LogP contribution in [-0.2, 0) is 21.4 Å². The van der Waals surface area contributed by atoms with Gasteiger partial charge in [0, 0.05) is 17.2 Å². The quantitative estimate of drug-likeness (QED) is 0.469. The van der Waals surface area contributed by atoms with E-state index in [-0.39, 0.29) is 22.3 Å². The summed E-state index contributed by atoms with van der Waals surface area (Å²) in [5.74, 6) is -4.91. The molecule has 1 heterocycles. The summed E-state index contributed by atoms with van der Waals surface area (Å²) in [6.45, 7) is -0.508. The molecule has 3 aromatic carbocycles. The molecule has 4 bridgehead atoms. The maximum absolute atomic E-state index is 14.5. The molecule has 0 saturated carbocycles. The Labute approximate surface area is 178 Å². The summed E-state index contributed by atoms with van der Waals surface area (Å²) in [7, 11) is -4.67. The Morgan fingerprint density at radius 1 is 1.00 bits per heavy atom. The third-order valence-electron chi connectivity index (χ3n) is 4.57. The first kappa shape index (κ1) is 21.0. The highest BCUT2D eigenvalue weighted by molar-refractivity contribution is 7.92. The molecular weight excluding hydrogens is 459 g/mol. The highest BCUT2D eigenvalue weighted by Gasteiger charge is 2.27. The van der Waals surface area contributed by atoms with Crippen LogP contribution < -0.4 is 4.72 Å². The van der Waals surface area contributed by atoms with Gasteiger partial charge in [-0.05, 0) is 35.9 Å². The fraction of sp³-hybridized carbons (Fsp3) is 0.0500. The van der Waals surface area contributed by atoms with Crippen LogP contribution in [0.3, 0.4) is 0 Å². The lowest BCUT2D eigenvalue weighted by molar-refractivity contribution is 0.0472. The average molecular weight is 470 g/mol. The zero-order valence-electron chi connectivity index (χ0n) is 15.2. The summed E-state index contributed by atoms with van der Waals surface area (Å²) >= 11 is 5.85. The van der Waals surface area contributed by atoms with E-state index in [2.05, 4.69) is 0 Å². The zero-order valence-corrected chi connectivity index (χ0v) is 16.8. The van der Waals surface area contributed by atoms with E-state index < -0.39 is 61.4 Å². The van der Waals surface area contributed by atoms with Gasteiger partial charge in [0.25, 0.3) is 10.0 Å². The summed E-state index contributed by atoms with van der Waals surface area (Å²) in [4.78, 5) is 11.6. The molecule has 0 aromatic heterocycles. The number of nitrogens with one attached hydrogen (secondary N) is 1. The van der Waals surface area contributed by atoms with Crippen LogP contribution in [0.2, 0.25) is 5.02 Å². The van der Waals surface area contributed by atoms with Crippen LogP contribution in [-0.4, -0.2) is 19.5 Å². The predicted molar refractivity (Wildman–Crippen MR) is 105 cm³/mol. The molecule has 3 aromatic rings. The molecule has 0 amide bonds. The zero-order chi connectivity index (χ0) is 22.5. The first-order valence-corrected chi connectivity index (χ1v) is 10.4. The van der Waals surface area contributed by atoms with Crippen LogP contribution in [0.25, 0.3) is 11.1 Å². The average Bonchev–Trinajstić information content (AvgIpc) is 2.70. The van der Waals surface area contributed by atoms with Gasteiger partial charge in [0.15, 0.2) is 5.75 Å². The van der Waals surface area contributed by atoms with Gasteiger partial charge in [-0.25, -0.2) is 26.4 Å². The lowest BCUT2D eigenvalue weighted by Gasteiger charge is -2.14. The third kappa shape index (κ3) is 3.79. The Morgan fingerprint density at radius 3 is 2.48 bits per heavy atom. The number of carbonyl (C=O) groups excluding carboxylic acids is 1. The first-order chi connectivity index (χ1) is 14.6. The van der Waals surface area contributed by atoms with Crippen molar-refractivity contribution in [2.45, 2.75) is 11.5 Å². The summed E-state index contributed by atoms with van der Waals surface area (Å²) in [6.07, 6.45) is 0. The topological polar surface area (TPSA) is 92.7 Å². The molecule has 0 atom stereocenters. The number of fused-ring (bicyclic) bond motifs is 6. The number of benzene rings is 3. The maximum atomic E-state index is 14.5. The summed E-state index contributed by atoms with van der Waals surface area (Å²) < 4.78 is 75.3. The van der Waals surface area contributed by atoms with Crippen molar-refractivity contribution < 1.29 is 36.2 Å². The second-order valence-electron chi connectivity index (χ2n) is 6.60. The van der Waals surface area contributed by atoms with E-state index in [4.69, 9.17) is 16.3 Å². The van der Waals surface area contributed by atoms with Crippen molar-refractivity contribution in [3.8, 4) is 16.9 Å². The Bertz CT molecular complexity index is 1360. The Kier molecular flexibility index (Phi) is 5.06. The first-order valence-electron chi connectivity index (χ1n) is 8.57. The molecule has 0 fully saturated rings. The van der Waals surface area contributed by atoms with Gasteiger partial charge in [-0.1, -0.05) is 17.7 Å². The van der Waals surface area contributed by atoms with Crippen molar-refractivity contribution in [3.63, 3.8) is 0 Å². The standard InChI is InChI=1S/C20H11ClF3NO5S/c21-14-4-9-5-18(19(14)26)31(28,29)25-17-6-13(15(23)7-16(17)24)12-2-1-11(22)3-10(12)8-30-20(9)27/h1-7,25-26H,8H2. The van der Waals surface area contributed by atoms with E-state index in [1.54, 1.807) is 0 Å². The van der Waals surface area contributed by atoms with Gasteiger partial charge in [-0.3, -0.25) is 4.72 Å². The minimum absolute atomic E-state index is 0.0528. The summed E-state index contributed by atoms with van der Waals surface area (Å²) in [5.41, 5.74) is -1.13. The number of cyclic esters (lactones) is 1. The van der Waals surface area contributed by atoms with Crippen LogP contribution >= 0.6 is 11.6 Å². The van der Waals surface area contributed by atoms with Crippen molar-refractivity contribution in [2.75, 3.05) is 4.72 Å². The number of esters is 1. The third-order valence-corrected chi connectivity index (χ3v) is 6.24. The van der Waals surface area contributed by atoms with E-state index >= 15 is 0 Å². The van der Waals surface area contributed by atoms with Gasteiger partial charge >= 0.3 is 5.97 Å². The highest BCUT2D eigenvalue weighted by atomic mass is 35.5. The minimum Gasteiger partial charge on any atom is -0.505 e. The number of aromatic hydroxyl groups is 1. The predicted octanol–water partition coefficient (Wildman–Crippen LogP) is 4.60. The normalized spacial score (nSPS) is 14.9. The Morgan fingerprint density at radius 2 is 1.74 bits per heavy atom. The van der Waals surface area contributed by atoms with Crippen molar-refractivity contribution >= 4 is 33.3 Å². The maximum Gasteiger partial charge on any atom is 0.338 e. The molecule has 160 valence electrons. The number of phenolic OH excluding ortho intramolecular Hbond substituents is 1. The number of anilines is 1. The van der Waals surface area contributed by atoms with E-state index in [1.165, 1.54) is 6.07 Å². The van der Waals surface area contributed by atoms with Crippen molar-refractivity contribution in [3.05, 3.63) is 76.1 Å². The molecule has 0 unspecified atom stereocenters. The van der Waals surface area contributed by atoms with Crippen molar-refractivity contribution in [1.82, 2.24) is 0 Å². The van der Waals surface area contributed by atoms with Gasteiger partial charge in [0.2, 0.25) is 0 Å². The number of phenols is 1. The number of hydrogen-bond donors (Lipinski definition) is 2. The number of ether oxygens (including phenoxy) is 1. The van der Waals surface area contributed by atoms with Gasteiger partial charge in [0.1, 0.15) is 29.0 Å². The molecule has 0 aliphatic carbocycles. The molecule has 0 radical (unpaired) electrons. The molecule has 6 nitrogen and oxygen atoms in total. The number of sulfonamides is 1. The number of rotatable bonds is 0. The molecule has 0 spiro atoms. The Balaban J connectivity index is 2.02. The second kappa shape index (κ2) is 7.47. The molecular formula is C20H11ClF3NO5S. The fourth-order valence-electron chi connectivity index (χ4n) is 3.10. The van der Waals surface area contributed by atoms with Crippen LogP contribution in [0.15, 0.2) is 47.4 Å².